The first-order valence-electron chi connectivity index (χ1n) is 13.6. The van der Waals surface area contributed by atoms with Crippen LogP contribution in [0.4, 0.5) is 18.9 Å². The van der Waals surface area contributed by atoms with Gasteiger partial charge >= 0.3 is 6.18 Å². The third-order valence-electron chi connectivity index (χ3n) is 7.82. The Morgan fingerprint density at radius 2 is 1.85 bits per heavy atom. The van der Waals surface area contributed by atoms with E-state index in [4.69, 9.17) is 4.74 Å². The van der Waals surface area contributed by atoms with Gasteiger partial charge in [-0.05, 0) is 43.7 Å². The molecule has 0 aromatic carbocycles. The van der Waals surface area contributed by atoms with E-state index < -0.39 is 36.7 Å². The summed E-state index contributed by atoms with van der Waals surface area (Å²) in [5.41, 5.74) is 1.41. The van der Waals surface area contributed by atoms with Crippen molar-refractivity contribution in [3.63, 3.8) is 0 Å². The third-order valence-corrected chi connectivity index (χ3v) is 10.8. The molecule has 9 nitrogen and oxygen atoms in total. The molecule has 2 aliphatic rings. The van der Waals surface area contributed by atoms with Gasteiger partial charge in [0.25, 0.3) is 5.91 Å². The number of nitrogens with zero attached hydrogens (tertiary/aromatic N) is 5. The Morgan fingerprint density at radius 3 is 2.45 bits per heavy atom. The number of ether oxygens (including phenoxy) is 1. The predicted molar refractivity (Wildman–Crippen MR) is 151 cm³/mol. The van der Waals surface area contributed by atoms with Gasteiger partial charge in [-0.25, -0.2) is 17.7 Å². The van der Waals surface area contributed by atoms with Gasteiger partial charge in [-0.3, -0.25) is 4.79 Å². The van der Waals surface area contributed by atoms with Crippen molar-refractivity contribution in [3.05, 3.63) is 24.0 Å². The quantitative estimate of drug-likeness (QED) is 0.292. The Balaban J connectivity index is 1.60. The summed E-state index contributed by atoms with van der Waals surface area (Å²) in [6.07, 6.45) is 2.72. The van der Waals surface area contributed by atoms with Crippen molar-refractivity contribution in [2.24, 2.45) is 5.92 Å². The molecular formula is C26H40F3N5O4SSi. The fraction of sp³-hybridized carbons (Fsp3) is 0.692. The molecule has 4 rings (SSSR count). The maximum absolute atomic E-state index is 13.4. The normalized spacial score (nSPS) is 21.0. The first kappa shape index (κ1) is 30.8. The van der Waals surface area contributed by atoms with Crippen LogP contribution in [0.2, 0.25) is 25.7 Å². The molecule has 0 atom stereocenters. The number of aromatic nitrogens is 2. The average Bonchev–Trinajstić information content (AvgIpc) is 3.25. The van der Waals surface area contributed by atoms with Crippen LogP contribution in [0.1, 0.15) is 36.0 Å². The van der Waals surface area contributed by atoms with Crippen molar-refractivity contribution >= 4 is 40.7 Å². The van der Waals surface area contributed by atoms with Crippen molar-refractivity contribution in [2.75, 3.05) is 44.6 Å². The summed E-state index contributed by atoms with van der Waals surface area (Å²) in [5.74, 6) is -0.513. The standard InChI is InChI=1S/C26H40F3N5O4SSi/c1-31(39(2,36)37)15-19-6-8-20(9-7-19)34-17-33(16-26(27,28)29)25(35)22-14-30-24-21(23(22)34)10-11-32(24)18-38-12-13-40(3,4)5/h10-11,14,19-20H,6-9,12-13,15-18H2,1-5H3/t19-,20-. The van der Waals surface area contributed by atoms with Crippen molar-refractivity contribution in [2.45, 2.75) is 70.3 Å². The lowest BCUT2D eigenvalue weighted by Crippen LogP contribution is -2.54. The molecule has 0 radical (unpaired) electrons. The first-order valence-corrected chi connectivity index (χ1v) is 19.2. The van der Waals surface area contributed by atoms with E-state index in [-0.39, 0.29) is 24.2 Å². The van der Waals surface area contributed by atoms with E-state index >= 15 is 0 Å². The maximum Gasteiger partial charge on any atom is 0.406 e. The van der Waals surface area contributed by atoms with Crippen LogP contribution in [0.3, 0.4) is 0 Å². The minimum Gasteiger partial charge on any atom is -0.361 e. The number of hydrogen-bond acceptors (Lipinski definition) is 6. The van der Waals surface area contributed by atoms with E-state index in [0.717, 1.165) is 23.8 Å². The Labute approximate surface area is 235 Å². The third kappa shape index (κ3) is 7.37. The summed E-state index contributed by atoms with van der Waals surface area (Å²) < 4.78 is 73.1. The van der Waals surface area contributed by atoms with Crippen molar-refractivity contribution in [1.29, 1.82) is 0 Å². The van der Waals surface area contributed by atoms with Gasteiger partial charge in [-0.2, -0.15) is 13.2 Å². The zero-order valence-corrected chi connectivity index (χ0v) is 25.7. The van der Waals surface area contributed by atoms with Gasteiger partial charge in [0.05, 0.1) is 24.2 Å². The van der Waals surface area contributed by atoms with Crippen molar-refractivity contribution < 1.29 is 31.1 Å². The van der Waals surface area contributed by atoms with Gasteiger partial charge in [0.2, 0.25) is 10.0 Å². The van der Waals surface area contributed by atoms with Crippen LogP contribution in [0.15, 0.2) is 18.5 Å². The van der Waals surface area contributed by atoms with Crippen LogP contribution in [0.5, 0.6) is 0 Å². The van der Waals surface area contributed by atoms with Crippen LogP contribution < -0.4 is 4.90 Å². The topological polar surface area (TPSA) is 88.0 Å². The molecule has 1 aliphatic carbocycles. The maximum atomic E-state index is 13.4. The average molecular weight is 604 g/mol. The number of amides is 1. The number of carbonyl (C=O) groups is 1. The Hall–Kier alpha value is -2.16. The summed E-state index contributed by atoms with van der Waals surface area (Å²) in [6, 6.07) is 2.79. The zero-order chi connectivity index (χ0) is 29.5. The van der Waals surface area contributed by atoms with E-state index in [1.165, 1.54) is 16.8 Å². The van der Waals surface area contributed by atoms with Crippen LogP contribution >= 0.6 is 0 Å². The number of carbonyl (C=O) groups excluding carboxylic acids is 1. The molecule has 1 fully saturated rings. The van der Waals surface area contributed by atoms with Crippen LogP contribution in [-0.4, -0.2) is 93.0 Å². The summed E-state index contributed by atoms with van der Waals surface area (Å²) in [4.78, 5) is 20.5. The van der Waals surface area contributed by atoms with Crippen LogP contribution in [0.25, 0.3) is 11.0 Å². The highest BCUT2D eigenvalue weighted by Crippen LogP contribution is 2.40. The molecule has 14 heteroatoms. The number of anilines is 1. The van der Waals surface area contributed by atoms with Crippen molar-refractivity contribution in [1.82, 2.24) is 18.8 Å². The van der Waals surface area contributed by atoms with E-state index in [1.807, 2.05) is 21.7 Å². The van der Waals surface area contributed by atoms with E-state index in [2.05, 4.69) is 24.6 Å². The lowest BCUT2D eigenvalue weighted by atomic mass is 9.84. The molecule has 40 heavy (non-hydrogen) atoms. The first-order chi connectivity index (χ1) is 18.5. The second-order valence-corrected chi connectivity index (χ2v) is 20.0. The predicted octanol–water partition coefficient (Wildman–Crippen LogP) is 4.58. The fourth-order valence-corrected chi connectivity index (χ4v) is 6.74. The molecular weight excluding hydrogens is 563 g/mol. The van der Waals surface area contributed by atoms with Gasteiger partial charge in [0.15, 0.2) is 0 Å². The number of halogens is 3. The Kier molecular flexibility index (Phi) is 8.94. The van der Waals surface area contributed by atoms with E-state index in [1.54, 1.807) is 7.05 Å². The summed E-state index contributed by atoms with van der Waals surface area (Å²) in [7, 11) is -2.98. The number of rotatable bonds is 10. The fourth-order valence-electron chi connectivity index (χ4n) is 5.50. The summed E-state index contributed by atoms with van der Waals surface area (Å²) >= 11 is 0. The van der Waals surface area contributed by atoms with Crippen molar-refractivity contribution in [3.8, 4) is 0 Å². The number of pyridine rings is 1. The minimum absolute atomic E-state index is 0.0932. The largest absolute Gasteiger partial charge is 0.406 e. The van der Waals surface area contributed by atoms with Crippen LogP contribution in [-0.2, 0) is 21.5 Å². The highest BCUT2D eigenvalue weighted by atomic mass is 32.2. The highest BCUT2D eigenvalue weighted by Gasteiger charge is 2.41. The second-order valence-electron chi connectivity index (χ2n) is 12.3. The van der Waals surface area contributed by atoms with Gasteiger partial charge < -0.3 is 19.1 Å². The van der Waals surface area contributed by atoms with E-state index in [0.29, 0.717) is 49.4 Å². The van der Waals surface area contributed by atoms with Gasteiger partial charge in [0, 0.05) is 52.1 Å². The molecule has 3 heterocycles. The summed E-state index contributed by atoms with van der Waals surface area (Å²) in [6.45, 7) is 6.68. The Bertz CT molecular complexity index is 1320. The number of hydrogen-bond donors (Lipinski definition) is 0. The number of fused-ring (bicyclic) bond motifs is 3. The minimum atomic E-state index is -4.53. The molecule has 0 unspecified atom stereocenters. The highest BCUT2D eigenvalue weighted by molar-refractivity contribution is 7.88. The van der Waals surface area contributed by atoms with E-state index in [9.17, 15) is 26.4 Å². The van der Waals surface area contributed by atoms with Gasteiger partial charge in [-0.15, -0.1) is 0 Å². The molecule has 2 aromatic rings. The van der Waals surface area contributed by atoms with Gasteiger partial charge in [-0.1, -0.05) is 19.6 Å². The summed E-state index contributed by atoms with van der Waals surface area (Å²) in [5, 5.41) is 0.713. The smallest absolute Gasteiger partial charge is 0.361 e. The van der Waals surface area contributed by atoms with Crippen LogP contribution in [0, 0.1) is 5.92 Å². The molecule has 2 aromatic heterocycles. The second kappa shape index (κ2) is 11.6. The molecule has 0 N–H and O–H groups in total. The molecule has 0 bridgehead atoms. The lowest BCUT2D eigenvalue weighted by Gasteiger charge is -2.45. The molecule has 0 saturated heterocycles. The number of sulfonamides is 1. The molecule has 1 saturated carbocycles. The number of alkyl halides is 3. The Morgan fingerprint density at radius 1 is 1.18 bits per heavy atom. The molecule has 224 valence electrons. The molecule has 1 amide bonds. The molecule has 0 spiro atoms. The monoisotopic (exact) mass is 603 g/mol. The zero-order valence-electron chi connectivity index (χ0n) is 23.9. The lowest BCUT2D eigenvalue weighted by molar-refractivity contribution is -0.141. The SMILES string of the molecule is CN(C[C@H]1CC[C@H](N2CN(CC(F)(F)F)C(=O)c3cnc4c(ccn4COCC[Si](C)(C)C)c32)CC1)S(C)(=O)=O. The van der Waals surface area contributed by atoms with Gasteiger partial charge in [0.1, 0.15) is 18.9 Å². The molecule has 1 aliphatic heterocycles.